The Morgan fingerprint density at radius 1 is 1.28 bits per heavy atom. The fourth-order valence-corrected chi connectivity index (χ4v) is 2.39. The van der Waals surface area contributed by atoms with Crippen LogP contribution in [0.4, 0.5) is 0 Å². The number of aromatic nitrogens is 2. The lowest BCUT2D eigenvalue weighted by molar-refractivity contribution is 0.0902. The van der Waals surface area contributed by atoms with Crippen LogP contribution in [0.3, 0.4) is 0 Å². The number of aliphatic hydroxyl groups excluding tert-OH is 1. The third kappa shape index (κ3) is 3.27. The molecule has 4 heteroatoms. The van der Waals surface area contributed by atoms with Gasteiger partial charge in [0.25, 0.3) is 0 Å². The highest BCUT2D eigenvalue weighted by molar-refractivity contribution is 6.31. The van der Waals surface area contributed by atoms with Gasteiger partial charge in [0, 0.05) is 13.0 Å². The third-order valence-corrected chi connectivity index (χ3v) is 4.19. The summed E-state index contributed by atoms with van der Waals surface area (Å²) in [6.45, 7) is 11.2. The summed E-state index contributed by atoms with van der Waals surface area (Å²) in [6, 6.07) is 0. The van der Waals surface area contributed by atoms with Crippen LogP contribution in [0.15, 0.2) is 0 Å². The number of aryl methyl sites for hydroxylation is 2. The van der Waals surface area contributed by atoms with Crippen LogP contribution in [0.2, 0.25) is 5.02 Å². The molecule has 1 heterocycles. The molecule has 2 unspecified atom stereocenters. The molecule has 0 saturated carbocycles. The van der Waals surface area contributed by atoms with E-state index in [1.54, 1.807) is 0 Å². The Balaban J connectivity index is 2.92. The summed E-state index contributed by atoms with van der Waals surface area (Å²) in [5, 5.41) is 15.5. The van der Waals surface area contributed by atoms with Crippen molar-refractivity contribution >= 4 is 11.6 Å². The summed E-state index contributed by atoms with van der Waals surface area (Å²) in [7, 11) is 0. The first-order valence-electron chi connectivity index (χ1n) is 6.84. The molecule has 3 nitrogen and oxygen atoms in total. The molecule has 18 heavy (non-hydrogen) atoms. The molecule has 0 aliphatic rings. The van der Waals surface area contributed by atoms with E-state index in [1.807, 2.05) is 18.5 Å². The van der Waals surface area contributed by atoms with Gasteiger partial charge >= 0.3 is 0 Å². The molecule has 0 saturated heterocycles. The zero-order valence-corrected chi connectivity index (χ0v) is 12.8. The second-order valence-corrected chi connectivity index (χ2v) is 5.63. The van der Waals surface area contributed by atoms with E-state index in [9.17, 15) is 5.11 Å². The topological polar surface area (TPSA) is 38.0 Å². The molecule has 1 aromatic rings. The van der Waals surface area contributed by atoms with E-state index in [0.29, 0.717) is 12.3 Å². The number of hydrogen-bond acceptors (Lipinski definition) is 2. The zero-order chi connectivity index (χ0) is 13.9. The Kier molecular flexibility index (Phi) is 5.67. The molecule has 0 spiro atoms. The fourth-order valence-electron chi connectivity index (χ4n) is 2.04. The van der Waals surface area contributed by atoms with Crippen LogP contribution in [-0.2, 0) is 19.4 Å². The van der Waals surface area contributed by atoms with Gasteiger partial charge in [-0.15, -0.1) is 0 Å². The molecule has 0 fully saturated rings. The summed E-state index contributed by atoms with van der Waals surface area (Å²) in [4.78, 5) is 0. The quantitative estimate of drug-likeness (QED) is 0.863. The van der Waals surface area contributed by atoms with E-state index >= 15 is 0 Å². The van der Waals surface area contributed by atoms with E-state index in [1.165, 1.54) is 0 Å². The maximum atomic E-state index is 10.3. The molecule has 2 atom stereocenters. The average molecular weight is 273 g/mol. The van der Waals surface area contributed by atoms with Crippen LogP contribution >= 0.6 is 11.6 Å². The first-order valence-corrected chi connectivity index (χ1v) is 7.22. The van der Waals surface area contributed by atoms with Crippen LogP contribution in [0.5, 0.6) is 0 Å². The molecule has 1 rings (SSSR count). The largest absolute Gasteiger partial charge is 0.392 e. The first-order chi connectivity index (χ1) is 8.42. The van der Waals surface area contributed by atoms with Gasteiger partial charge in [-0.05, 0) is 25.2 Å². The monoisotopic (exact) mass is 272 g/mol. The second-order valence-electron chi connectivity index (χ2n) is 5.25. The summed E-state index contributed by atoms with van der Waals surface area (Å²) in [5.74, 6) is 0.716. The van der Waals surface area contributed by atoms with Gasteiger partial charge in [-0.1, -0.05) is 39.3 Å². The highest BCUT2D eigenvalue weighted by Gasteiger charge is 2.22. The van der Waals surface area contributed by atoms with Gasteiger partial charge in [0.15, 0.2) is 0 Å². The number of aliphatic hydroxyl groups is 1. The van der Waals surface area contributed by atoms with Crippen molar-refractivity contribution in [2.75, 3.05) is 0 Å². The van der Waals surface area contributed by atoms with E-state index in [4.69, 9.17) is 11.6 Å². The van der Waals surface area contributed by atoms with Crippen LogP contribution in [0.25, 0.3) is 0 Å². The molecule has 0 aliphatic carbocycles. The maximum absolute atomic E-state index is 10.3. The first kappa shape index (κ1) is 15.5. The summed E-state index contributed by atoms with van der Waals surface area (Å²) in [6.07, 6.45) is 1.04. The summed E-state index contributed by atoms with van der Waals surface area (Å²) < 4.78 is 1.91. The number of halogens is 1. The molecule has 0 bridgehead atoms. The summed E-state index contributed by atoms with van der Waals surface area (Å²) >= 11 is 6.34. The van der Waals surface area contributed by atoms with Gasteiger partial charge < -0.3 is 5.11 Å². The van der Waals surface area contributed by atoms with Crippen LogP contribution in [0.1, 0.15) is 46.0 Å². The van der Waals surface area contributed by atoms with Gasteiger partial charge in [0.05, 0.1) is 22.5 Å². The molecule has 0 aliphatic heterocycles. The predicted octanol–water partition coefficient (Wildman–Crippen LogP) is 3.31. The third-order valence-electron chi connectivity index (χ3n) is 3.76. The number of hydrogen-bond donors (Lipinski definition) is 1. The normalized spacial score (nSPS) is 15.1. The van der Waals surface area contributed by atoms with E-state index in [2.05, 4.69) is 25.9 Å². The zero-order valence-electron chi connectivity index (χ0n) is 12.1. The van der Waals surface area contributed by atoms with E-state index in [0.717, 1.165) is 29.4 Å². The van der Waals surface area contributed by atoms with Crippen LogP contribution < -0.4 is 0 Å². The molecule has 0 amide bonds. The van der Waals surface area contributed by atoms with Crippen molar-refractivity contribution in [3.05, 3.63) is 16.4 Å². The van der Waals surface area contributed by atoms with Crippen molar-refractivity contribution in [1.29, 1.82) is 0 Å². The lowest BCUT2D eigenvalue weighted by Gasteiger charge is -2.22. The number of nitrogens with zero attached hydrogens (tertiary/aromatic N) is 2. The Morgan fingerprint density at radius 3 is 2.33 bits per heavy atom. The second kappa shape index (κ2) is 6.58. The van der Waals surface area contributed by atoms with Crippen molar-refractivity contribution in [2.24, 2.45) is 11.8 Å². The minimum Gasteiger partial charge on any atom is -0.392 e. The lowest BCUT2D eigenvalue weighted by atomic mass is 9.90. The molecule has 0 radical (unpaired) electrons. The SMILES string of the molecule is CCc1nn(CC)c(CC(O)C(C)C(C)C)c1Cl. The highest BCUT2D eigenvalue weighted by atomic mass is 35.5. The lowest BCUT2D eigenvalue weighted by Crippen LogP contribution is -2.26. The van der Waals surface area contributed by atoms with E-state index in [-0.39, 0.29) is 12.0 Å². The van der Waals surface area contributed by atoms with Gasteiger partial charge in [0.2, 0.25) is 0 Å². The summed E-state index contributed by atoms with van der Waals surface area (Å²) in [5.41, 5.74) is 1.90. The average Bonchev–Trinajstić information content (AvgIpc) is 2.65. The molecule has 0 aromatic carbocycles. The van der Waals surface area contributed by atoms with Gasteiger partial charge in [-0.25, -0.2) is 0 Å². The van der Waals surface area contributed by atoms with Gasteiger partial charge in [-0.2, -0.15) is 5.10 Å². The predicted molar refractivity (Wildman–Crippen MR) is 76.0 cm³/mol. The maximum Gasteiger partial charge on any atom is 0.0850 e. The minimum atomic E-state index is -0.366. The van der Waals surface area contributed by atoms with Crippen molar-refractivity contribution in [3.63, 3.8) is 0 Å². The standard InChI is InChI=1S/C14H25ClN2O/c1-6-11-14(15)12(17(7-2)16-11)8-13(18)10(5)9(3)4/h9-10,13,18H,6-8H2,1-5H3. The van der Waals surface area contributed by atoms with Gasteiger partial charge in [-0.3, -0.25) is 4.68 Å². The minimum absolute atomic E-state index is 0.256. The van der Waals surface area contributed by atoms with Gasteiger partial charge in [0.1, 0.15) is 0 Å². The molecule has 1 N–H and O–H groups in total. The van der Waals surface area contributed by atoms with Crippen LogP contribution in [0, 0.1) is 11.8 Å². The Bertz CT molecular complexity index is 387. The highest BCUT2D eigenvalue weighted by Crippen LogP contribution is 2.25. The van der Waals surface area contributed by atoms with Crippen molar-refractivity contribution in [1.82, 2.24) is 9.78 Å². The smallest absolute Gasteiger partial charge is 0.0850 e. The van der Waals surface area contributed by atoms with Crippen LogP contribution in [-0.4, -0.2) is 21.0 Å². The number of rotatable bonds is 6. The molecular weight excluding hydrogens is 248 g/mol. The van der Waals surface area contributed by atoms with Crippen molar-refractivity contribution in [3.8, 4) is 0 Å². The Hall–Kier alpha value is -0.540. The van der Waals surface area contributed by atoms with E-state index < -0.39 is 0 Å². The fraction of sp³-hybridized carbons (Fsp3) is 0.786. The Labute approximate surface area is 115 Å². The van der Waals surface area contributed by atoms with Crippen molar-refractivity contribution < 1.29 is 5.11 Å². The Morgan fingerprint density at radius 2 is 1.89 bits per heavy atom. The molecule has 104 valence electrons. The molecule has 1 aromatic heterocycles. The molecular formula is C14H25ClN2O. The van der Waals surface area contributed by atoms with Crippen molar-refractivity contribution in [2.45, 2.75) is 60.1 Å².